The molecule has 0 bridgehead atoms. The first-order valence-corrected chi connectivity index (χ1v) is 8.26. The summed E-state index contributed by atoms with van der Waals surface area (Å²) in [6, 6.07) is 7.33. The predicted molar refractivity (Wildman–Crippen MR) is 79.2 cm³/mol. The number of hydrogen-bond donors (Lipinski definition) is 1. The standard InChI is InChI=1S/C13H13F2N3OS2/c14-11(15)19-10-4-2-1-3-8(10)7-20-13-18-17-12(21-13)16-9-5-6-9/h1-4,9,11H,5-7H2,(H,16,17). The number of anilines is 1. The van der Waals surface area contributed by atoms with Crippen LogP contribution in [-0.4, -0.2) is 22.9 Å². The number of halogens is 2. The Balaban J connectivity index is 1.60. The lowest BCUT2D eigenvalue weighted by Crippen LogP contribution is -2.03. The van der Waals surface area contributed by atoms with Gasteiger partial charge in [-0.15, -0.1) is 10.2 Å². The summed E-state index contributed by atoms with van der Waals surface area (Å²) in [5.74, 6) is 0.724. The fourth-order valence-corrected chi connectivity index (χ4v) is 3.52. The molecule has 0 aliphatic heterocycles. The van der Waals surface area contributed by atoms with Crippen molar-refractivity contribution in [3.8, 4) is 5.75 Å². The van der Waals surface area contributed by atoms with Gasteiger partial charge in [-0.2, -0.15) is 8.78 Å². The number of aromatic nitrogens is 2. The molecule has 0 spiro atoms. The average Bonchev–Trinajstić information content (AvgIpc) is 3.15. The summed E-state index contributed by atoms with van der Waals surface area (Å²) >= 11 is 2.94. The highest BCUT2D eigenvalue weighted by Gasteiger charge is 2.22. The van der Waals surface area contributed by atoms with Gasteiger partial charge in [0, 0.05) is 17.4 Å². The molecule has 21 heavy (non-hydrogen) atoms. The fourth-order valence-electron chi connectivity index (χ4n) is 1.70. The van der Waals surface area contributed by atoms with Crippen LogP contribution in [0.4, 0.5) is 13.9 Å². The van der Waals surface area contributed by atoms with Crippen LogP contribution in [0.25, 0.3) is 0 Å². The van der Waals surface area contributed by atoms with Crippen molar-refractivity contribution in [1.29, 1.82) is 0 Å². The topological polar surface area (TPSA) is 47.0 Å². The van der Waals surface area contributed by atoms with Crippen LogP contribution in [0, 0.1) is 0 Å². The summed E-state index contributed by atoms with van der Waals surface area (Å²) in [5, 5.41) is 12.2. The highest BCUT2D eigenvalue weighted by Crippen LogP contribution is 2.33. The summed E-state index contributed by atoms with van der Waals surface area (Å²) in [4.78, 5) is 0. The monoisotopic (exact) mass is 329 g/mol. The number of rotatable bonds is 7. The van der Waals surface area contributed by atoms with Crippen LogP contribution in [0.2, 0.25) is 0 Å². The molecular formula is C13H13F2N3OS2. The molecule has 1 aliphatic carbocycles. The van der Waals surface area contributed by atoms with Gasteiger partial charge in [-0.25, -0.2) is 0 Å². The van der Waals surface area contributed by atoms with Crippen molar-refractivity contribution in [2.45, 2.75) is 35.6 Å². The highest BCUT2D eigenvalue weighted by molar-refractivity contribution is 8.00. The van der Waals surface area contributed by atoms with Crippen molar-refractivity contribution in [2.24, 2.45) is 0 Å². The molecule has 1 N–H and O–H groups in total. The molecule has 8 heteroatoms. The maximum absolute atomic E-state index is 12.3. The van der Waals surface area contributed by atoms with E-state index in [0.717, 1.165) is 15.0 Å². The van der Waals surface area contributed by atoms with E-state index in [1.165, 1.54) is 35.9 Å². The van der Waals surface area contributed by atoms with Crippen molar-refractivity contribution in [3.05, 3.63) is 29.8 Å². The predicted octanol–water partition coefficient (Wildman–Crippen LogP) is 4.01. The third kappa shape index (κ3) is 4.28. The van der Waals surface area contributed by atoms with Gasteiger partial charge in [-0.3, -0.25) is 0 Å². The summed E-state index contributed by atoms with van der Waals surface area (Å²) in [5.41, 5.74) is 0.717. The van der Waals surface area contributed by atoms with E-state index in [1.807, 2.05) is 0 Å². The van der Waals surface area contributed by atoms with E-state index >= 15 is 0 Å². The molecule has 1 heterocycles. The lowest BCUT2D eigenvalue weighted by atomic mass is 10.2. The number of para-hydroxylation sites is 1. The molecular weight excluding hydrogens is 316 g/mol. The Morgan fingerprint density at radius 2 is 2.14 bits per heavy atom. The van der Waals surface area contributed by atoms with Crippen LogP contribution in [0.5, 0.6) is 5.75 Å². The van der Waals surface area contributed by atoms with Gasteiger partial charge in [-0.1, -0.05) is 41.3 Å². The number of alkyl halides is 2. The van der Waals surface area contributed by atoms with Crippen molar-refractivity contribution >= 4 is 28.2 Å². The third-order valence-corrected chi connectivity index (χ3v) is 4.89. The zero-order chi connectivity index (χ0) is 14.7. The summed E-state index contributed by atoms with van der Waals surface area (Å²) in [7, 11) is 0. The van der Waals surface area contributed by atoms with E-state index in [2.05, 4.69) is 20.3 Å². The SMILES string of the molecule is FC(F)Oc1ccccc1CSc1nnc(NC2CC2)s1. The van der Waals surface area contributed by atoms with E-state index in [9.17, 15) is 8.78 Å². The second-order valence-electron chi connectivity index (χ2n) is 4.57. The Morgan fingerprint density at radius 3 is 2.90 bits per heavy atom. The smallest absolute Gasteiger partial charge is 0.387 e. The molecule has 0 atom stereocenters. The molecule has 1 aliphatic rings. The second-order valence-corrected chi connectivity index (χ2v) is 6.77. The maximum atomic E-state index is 12.3. The van der Waals surface area contributed by atoms with Crippen LogP contribution in [0.3, 0.4) is 0 Å². The first-order chi connectivity index (χ1) is 10.2. The number of benzene rings is 1. The molecule has 4 nitrogen and oxygen atoms in total. The van der Waals surface area contributed by atoms with Gasteiger partial charge in [0.1, 0.15) is 5.75 Å². The Hall–Kier alpha value is -1.41. The lowest BCUT2D eigenvalue weighted by Gasteiger charge is -2.09. The maximum Gasteiger partial charge on any atom is 0.387 e. The molecule has 0 amide bonds. The molecule has 1 aromatic carbocycles. The van der Waals surface area contributed by atoms with Crippen LogP contribution < -0.4 is 10.1 Å². The van der Waals surface area contributed by atoms with Crippen molar-refractivity contribution in [3.63, 3.8) is 0 Å². The van der Waals surface area contributed by atoms with E-state index in [-0.39, 0.29) is 5.75 Å². The minimum Gasteiger partial charge on any atom is -0.435 e. The largest absolute Gasteiger partial charge is 0.435 e. The Bertz CT molecular complexity index is 605. The Labute approximate surface area is 128 Å². The van der Waals surface area contributed by atoms with Gasteiger partial charge in [-0.05, 0) is 18.9 Å². The Morgan fingerprint density at radius 1 is 1.33 bits per heavy atom. The molecule has 1 fully saturated rings. The summed E-state index contributed by atoms with van der Waals surface area (Å²) in [6.45, 7) is -2.81. The number of hydrogen-bond acceptors (Lipinski definition) is 6. The first kappa shape index (κ1) is 14.5. The summed E-state index contributed by atoms with van der Waals surface area (Å²) in [6.07, 6.45) is 2.36. The van der Waals surface area contributed by atoms with Gasteiger partial charge in [0.15, 0.2) is 4.34 Å². The minimum absolute atomic E-state index is 0.209. The van der Waals surface area contributed by atoms with Crippen LogP contribution >= 0.6 is 23.1 Å². The molecule has 0 saturated heterocycles. The molecule has 112 valence electrons. The van der Waals surface area contributed by atoms with Crippen LogP contribution in [-0.2, 0) is 5.75 Å². The highest BCUT2D eigenvalue weighted by atomic mass is 32.2. The van der Waals surface area contributed by atoms with Crippen molar-refractivity contribution in [1.82, 2.24) is 10.2 Å². The summed E-state index contributed by atoms with van der Waals surface area (Å²) < 4.78 is 30.0. The molecule has 0 unspecified atom stereocenters. The lowest BCUT2D eigenvalue weighted by molar-refractivity contribution is -0.0503. The second kappa shape index (κ2) is 6.57. The van der Waals surface area contributed by atoms with Crippen molar-refractivity contribution in [2.75, 3.05) is 5.32 Å². The minimum atomic E-state index is -2.81. The zero-order valence-corrected chi connectivity index (χ0v) is 12.6. The number of thioether (sulfide) groups is 1. The normalized spacial score (nSPS) is 14.4. The van der Waals surface area contributed by atoms with E-state index in [1.54, 1.807) is 24.3 Å². The molecule has 2 aromatic rings. The van der Waals surface area contributed by atoms with Gasteiger partial charge >= 0.3 is 6.61 Å². The van der Waals surface area contributed by atoms with Crippen LogP contribution in [0.15, 0.2) is 28.6 Å². The zero-order valence-electron chi connectivity index (χ0n) is 11.0. The fraction of sp³-hybridized carbons (Fsp3) is 0.385. The van der Waals surface area contributed by atoms with Gasteiger partial charge < -0.3 is 10.1 Å². The van der Waals surface area contributed by atoms with Crippen LogP contribution in [0.1, 0.15) is 18.4 Å². The first-order valence-electron chi connectivity index (χ1n) is 6.46. The molecule has 1 aromatic heterocycles. The number of nitrogens with zero attached hydrogens (tertiary/aromatic N) is 2. The molecule has 1 saturated carbocycles. The van der Waals surface area contributed by atoms with E-state index < -0.39 is 6.61 Å². The number of nitrogens with one attached hydrogen (secondary N) is 1. The average molecular weight is 329 g/mol. The molecule has 0 radical (unpaired) electrons. The van der Waals surface area contributed by atoms with Gasteiger partial charge in [0.25, 0.3) is 0 Å². The van der Waals surface area contributed by atoms with Crippen molar-refractivity contribution < 1.29 is 13.5 Å². The molecule has 3 rings (SSSR count). The quantitative estimate of drug-likeness (QED) is 0.778. The third-order valence-electron chi connectivity index (χ3n) is 2.85. The number of ether oxygens (including phenoxy) is 1. The van der Waals surface area contributed by atoms with Gasteiger partial charge in [0.2, 0.25) is 5.13 Å². The van der Waals surface area contributed by atoms with E-state index in [0.29, 0.717) is 11.8 Å². The Kier molecular flexibility index (Phi) is 4.54. The van der Waals surface area contributed by atoms with Gasteiger partial charge in [0.05, 0.1) is 0 Å². The van der Waals surface area contributed by atoms with E-state index in [4.69, 9.17) is 0 Å².